The largest absolute Gasteiger partial charge is 0.394 e. The van der Waals surface area contributed by atoms with Gasteiger partial charge in [0.1, 0.15) is 11.4 Å². The maximum absolute atomic E-state index is 12.2. The molecule has 0 aliphatic heterocycles. The van der Waals surface area contributed by atoms with Crippen molar-refractivity contribution >= 4 is 35.0 Å². The van der Waals surface area contributed by atoms with E-state index < -0.39 is 6.04 Å². The Kier molecular flexibility index (Phi) is 7.00. The number of carbonyl (C=O) groups excluding carboxylic acids is 1. The smallest absolute Gasteiger partial charge is 0.262 e. The van der Waals surface area contributed by atoms with E-state index in [1.54, 1.807) is 32.3 Å². The minimum Gasteiger partial charge on any atom is -0.394 e. The second kappa shape index (κ2) is 10.3. The number of halogens is 1. The molecule has 0 radical (unpaired) electrons. The average molecular weight is 480 g/mol. The van der Waals surface area contributed by atoms with Gasteiger partial charge in [0.05, 0.1) is 23.2 Å². The molecule has 0 aliphatic carbocycles. The lowest BCUT2D eigenvalue weighted by molar-refractivity contribution is 0.0828. The van der Waals surface area contributed by atoms with Crippen LogP contribution in [0.5, 0.6) is 0 Å². The highest BCUT2D eigenvalue weighted by Gasteiger charge is 2.19. The summed E-state index contributed by atoms with van der Waals surface area (Å²) in [6.07, 6.45) is 2.82. The molecule has 10 nitrogen and oxygen atoms in total. The fourth-order valence-corrected chi connectivity index (χ4v) is 3.48. The Labute approximate surface area is 200 Å². The minimum atomic E-state index is -0.434. The summed E-state index contributed by atoms with van der Waals surface area (Å²) in [7, 11) is 3.32. The van der Waals surface area contributed by atoms with Crippen molar-refractivity contribution in [3.8, 4) is 11.5 Å². The van der Waals surface area contributed by atoms with Crippen molar-refractivity contribution in [2.24, 2.45) is 0 Å². The van der Waals surface area contributed by atoms with Crippen LogP contribution in [-0.2, 0) is 0 Å². The van der Waals surface area contributed by atoms with Crippen molar-refractivity contribution in [1.29, 1.82) is 0 Å². The normalized spacial score (nSPS) is 11.6. The number of benzene rings is 2. The summed E-state index contributed by atoms with van der Waals surface area (Å²) in [5.74, 6) is 0.681. The van der Waals surface area contributed by atoms with Gasteiger partial charge >= 0.3 is 0 Å². The molecule has 4 rings (SSSR count). The van der Waals surface area contributed by atoms with Crippen LogP contribution in [0, 0.1) is 0 Å². The highest BCUT2D eigenvalue weighted by molar-refractivity contribution is 6.34. The zero-order valence-electron chi connectivity index (χ0n) is 18.4. The Bertz CT molecular complexity index is 1270. The molecule has 0 fully saturated rings. The molecule has 2 heterocycles. The van der Waals surface area contributed by atoms with Crippen LogP contribution in [0.3, 0.4) is 0 Å². The lowest BCUT2D eigenvalue weighted by Crippen LogP contribution is -2.22. The van der Waals surface area contributed by atoms with E-state index in [-0.39, 0.29) is 24.4 Å². The van der Waals surface area contributed by atoms with Gasteiger partial charge in [0.15, 0.2) is 6.33 Å². The highest BCUT2D eigenvalue weighted by atomic mass is 35.5. The van der Waals surface area contributed by atoms with Crippen molar-refractivity contribution < 1.29 is 14.4 Å². The molecule has 0 unspecified atom stereocenters. The van der Waals surface area contributed by atoms with Crippen LogP contribution < -0.4 is 10.6 Å². The Morgan fingerprint density at radius 1 is 1.18 bits per heavy atom. The zero-order chi connectivity index (χ0) is 24.1. The summed E-state index contributed by atoms with van der Waals surface area (Å²) in [6, 6.07) is 14.0. The van der Waals surface area contributed by atoms with E-state index >= 15 is 0 Å². The molecule has 0 saturated carbocycles. The van der Waals surface area contributed by atoms with Gasteiger partial charge in [-0.2, -0.15) is 9.97 Å². The van der Waals surface area contributed by atoms with Crippen molar-refractivity contribution in [1.82, 2.24) is 25.0 Å². The Hall–Kier alpha value is -4.02. The number of carbonyl (C=O) groups is 1. The van der Waals surface area contributed by atoms with Gasteiger partial charge in [-0.15, -0.1) is 0 Å². The van der Waals surface area contributed by atoms with E-state index in [2.05, 4.69) is 30.7 Å². The van der Waals surface area contributed by atoms with Crippen molar-refractivity contribution in [3.63, 3.8) is 0 Å². The number of anilines is 3. The number of aromatic nitrogens is 4. The van der Waals surface area contributed by atoms with Crippen LogP contribution in [0.4, 0.5) is 17.5 Å². The summed E-state index contributed by atoms with van der Waals surface area (Å²) in [6.45, 7) is -0.170. The van der Waals surface area contributed by atoms with Crippen molar-refractivity contribution in [3.05, 3.63) is 77.2 Å². The number of hydrogen-bond donors (Lipinski definition) is 3. The van der Waals surface area contributed by atoms with E-state index in [4.69, 9.17) is 16.1 Å². The Morgan fingerprint density at radius 2 is 1.97 bits per heavy atom. The second-order valence-corrected chi connectivity index (χ2v) is 7.92. The quantitative estimate of drug-likeness (QED) is 0.345. The first-order valence-electron chi connectivity index (χ1n) is 10.3. The minimum absolute atomic E-state index is 0.170. The van der Waals surface area contributed by atoms with E-state index in [0.29, 0.717) is 27.7 Å². The molecule has 174 valence electrons. The standard InChI is InChI=1S/C23H22ClN7O3/c1-31(2)22(33)16-9-8-15(10-18(16)24)28-23-25-11-17(21-26-13-27-34-21)20(30-23)29-19(12-32)14-6-4-3-5-7-14/h3-11,13,19,32H,12H2,1-2H3,(H2,25,28,29,30)/t19-/m1/s1. The van der Waals surface area contributed by atoms with Gasteiger partial charge < -0.3 is 25.2 Å². The molecule has 0 saturated heterocycles. The first-order valence-corrected chi connectivity index (χ1v) is 10.7. The first kappa shape index (κ1) is 23.1. The Balaban J connectivity index is 1.65. The molecule has 1 amide bonds. The summed E-state index contributed by atoms with van der Waals surface area (Å²) in [5, 5.41) is 20.3. The molecular formula is C23H22ClN7O3. The predicted molar refractivity (Wildman–Crippen MR) is 128 cm³/mol. The lowest BCUT2D eigenvalue weighted by atomic mass is 10.1. The van der Waals surface area contributed by atoms with Crippen molar-refractivity contribution in [2.45, 2.75) is 6.04 Å². The molecule has 0 aliphatic rings. The van der Waals surface area contributed by atoms with Crippen LogP contribution in [0.15, 0.2) is 65.6 Å². The third-order valence-electron chi connectivity index (χ3n) is 4.94. The third-order valence-corrected chi connectivity index (χ3v) is 5.25. The topological polar surface area (TPSA) is 129 Å². The average Bonchev–Trinajstić information content (AvgIpc) is 3.37. The van der Waals surface area contributed by atoms with Gasteiger partial charge in [0.2, 0.25) is 5.95 Å². The van der Waals surface area contributed by atoms with Gasteiger partial charge in [0, 0.05) is 26.0 Å². The van der Waals surface area contributed by atoms with Crippen LogP contribution in [0.2, 0.25) is 5.02 Å². The number of rotatable bonds is 8. The van der Waals surface area contributed by atoms with Gasteiger partial charge in [-0.25, -0.2) is 4.98 Å². The molecule has 3 N–H and O–H groups in total. The number of nitrogens with zero attached hydrogens (tertiary/aromatic N) is 5. The number of aliphatic hydroxyl groups excluding tert-OH is 1. The second-order valence-electron chi connectivity index (χ2n) is 7.51. The van der Waals surface area contributed by atoms with E-state index in [9.17, 15) is 9.90 Å². The van der Waals surface area contributed by atoms with E-state index in [0.717, 1.165) is 5.56 Å². The number of amides is 1. The van der Waals surface area contributed by atoms with Gasteiger partial charge in [-0.05, 0) is 23.8 Å². The van der Waals surface area contributed by atoms with E-state index in [1.165, 1.54) is 17.4 Å². The number of hydrogen-bond acceptors (Lipinski definition) is 9. The molecule has 2 aromatic carbocycles. The first-order chi connectivity index (χ1) is 16.5. The zero-order valence-corrected chi connectivity index (χ0v) is 19.2. The summed E-state index contributed by atoms with van der Waals surface area (Å²) in [4.78, 5) is 26.7. The van der Waals surface area contributed by atoms with Crippen LogP contribution in [0.1, 0.15) is 22.0 Å². The van der Waals surface area contributed by atoms with Crippen LogP contribution in [0.25, 0.3) is 11.5 Å². The molecule has 34 heavy (non-hydrogen) atoms. The molecule has 1 atom stereocenters. The molecule has 2 aromatic heterocycles. The van der Waals surface area contributed by atoms with E-state index in [1.807, 2.05) is 30.3 Å². The monoisotopic (exact) mass is 479 g/mol. The lowest BCUT2D eigenvalue weighted by Gasteiger charge is -2.19. The van der Waals surface area contributed by atoms with Crippen LogP contribution in [-0.4, -0.2) is 56.7 Å². The fourth-order valence-electron chi connectivity index (χ4n) is 3.22. The van der Waals surface area contributed by atoms with Gasteiger partial charge in [0.25, 0.3) is 11.8 Å². The van der Waals surface area contributed by atoms with Gasteiger partial charge in [-0.1, -0.05) is 47.1 Å². The third kappa shape index (κ3) is 5.13. The molecule has 11 heteroatoms. The van der Waals surface area contributed by atoms with Crippen LogP contribution >= 0.6 is 11.6 Å². The fraction of sp³-hybridized carbons (Fsp3) is 0.174. The molecule has 0 spiro atoms. The molecule has 0 bridgehead atoms. The number of aliphatic hydroxyl groups is 1. The maximum Gasteiger partial charge on any atom is 0.262 e. The summed E-state index contributed by atoms with van der Waals surface area (Å²) in [5.41, 5.74) is 2.34. The SMILES string of the molecule is CN(C)C(=O)c1ccc(Nc2ncc(-c3ncno3)c(N[C@H](CO)c3ccccc3)n2)cc1Cl. The maximum atomic E-state index is 12.2. The summed E-state index contributed by atoms with van der Waals surface area (Å²) < 4.78 is 5.19. The predicted octanol–water partition coefficient (Wildman–Crippen LogP) is 3.77. The molecular weight excluding hydrogens is 458 g/mol. The van der Waals surface area contributed by atoms with Gasteiger partial charge in [-0.3, -0.25) is 4.79 Å². The van der Waals surface area contributed by atoms with Crippen molar-refractivity contribution in [2.75, 3.05) is 31.3 Å². The highest BCUT2D eigenvalue weighted by Crippen LogP contribution is 2.30. The summed E-state index contributed by atoms with van der Waals surface area (Å²) >= 11 is 6.32. The Morgan fingerprint density at radius 3 is 2.62 bits per heavy atom. The molecule has 4 aromatic rings. The number of nitrogens with one attached hydrogen (secondary N) is 2.